The Morgan fingerprint density at radius 3 is 2.39 bits per heavy atom. The molecule has 0 fully saturated rings. The van der Waals surface area contributed by atoms with Crippen molar-refractivity contribution in [1.29, 1.82) is 0 Å². The number of hydrogen-bond donors (Lipinski definition) is 3. The third kappa shape index (κ3) is 8.21. The van der Waals surface area contributed by atoms with Crippen LogP contribution in [0.3, 0.4) is 0 Å². The highest BCUT2D eigenvalue weighted by Gasteiger charge is 2.19. The van der Waals surface area contributed by atoms with Crippen molar-refractivity contribution in [3.8, 4) is 0 Å². The summed E-state index contributed by atoms with van der Waals surface area (Å²) in [5, 5.41) is 18.2. The number of hydrogen-bond acceptors (Lipinski definition) is 6. The van der Waals surface area contributed by atoms with Gasteiger partial charge in [-0.05, 0) is 11.6 Å². The summed E-state index contributed by atoms with van der Waals surface area (Å²) in [6.45, 7) is -0.132. The third-order valence-electron chi connectivity index (χ3n) is 2.06. The fourth-order valence-corrected chi connectivity index (χ4v) is 1.60. The Hall–Kier alpha value is -0.920. The van der Waals surface area contributed by atoms with E-state index in [1.807, 2.05) is 0 Å². The Morgan fingerprint density at radius 2 is 1.89 bits per heavy atom. The van der Waals surface area contributed by atoms with Crippen LogP contribution in [0, 0.1) is 0 Å². The first-order valence-corrected chi connectivity index (χ1v) is 6.70. The lowest BCUT2D eigenvalue weighted by Gasteiger charge is -2.19. The molecule has 0 bridgehead atoms. The predicted molar refractivity (Wildman–Crippen MR) is 62.4 cm³/mol. The number of Topliss-reactive ketones (excluding diaryl/α,β-unsaturated/α-hetero) is 1. The van der Waals surface area contributed by atoms with Crippen molar-refractivity contribution in [3.63, 3.8) is 0 Å². The number of likely N-dealkylation sites (N-methyl/N-ethyl adjacent to an activating group) is 1. The smallest absolute Gasteiger partial charge is 0.396 e. The Labute approximate surface area is 106 Å². The Morgan fingerprint density at radius 1 is 1.28 bits per heavy atom. The number of amides is 1. The zero-order valence-electron chi connectivity index (χ0n) is 10.2. The fraction of sp³-hybridized carbons (Fsp3) is 0.778. The second-order valence-electron chi connectivity index (χ2n) is 3.78. The van der Waals surface area contributed by atoms with Gasteiger partial charge in [-0.2, -0.15) is 4.89 Å². The van der Waals surface area contributed by atoms with Gasteiger partial charge in [-0.3, -0.25) is 19.7 Å². The van der Waals surface area contributed by atoms with Gasteiger partial charge in [-0.15, -0.1) is 0 Å². The van der Waals surface area contributed by atoms with Gasteiger partial charge in [-0.25, -0.2) is 5.06 Å². The SMILES string of the molecule is CN(CCN(O)C(=O)CCO)CC(=O)C[P+](=O)O. The highest BCUT2D eigenvalue weighted by Crippen LogP contribution is 2.11. The van der Waals surface area contributed by atoms with Crippen LogP contribution in [0.1, 0.15) is 6.42 Å². The Bertz CT molecular complexity index is 311. The molecule has 0 saturated heterocycles. The van der Waals surface area contributed by atoms with Crippen molar-refractivity contribution in [2.45, 2.75) is 6.42 Å². The molecule has 0 aromatic rings. The molecular formula is C9H18N2O6P+. The van der Waals surface area contributed by atoms with Crippen LogP contribution in [0.15, 0.2) is 0 Å². The predicted octanol–water partition coefficient (Wildman–Crippen LogP) is -1.18. The largest absolute Gasteiger partial charge is 0.513 e. The third-order valence-corrected chi connectivity index (χ3v) is 2.69. The van der Waals surface area contributed by atoms with Gasteiger partial charge in [0.1, 0.15) is 0 Å². The lowest BCUT2D eigenvalue weighted by Crippen LogP contribution is -2.37. The number of aliphatic hydroxyl groups is 1. The fourth-order valence-electron chi connectivity index (χ4n) is 1.20. The highest BCUT2D eigenvalue weighted by molar-refractivity contribution is 7.39. The zero-order valence-corrected chi connectivity index (χ0v) is 11.0. The Kier molecular flexibility index (Phi) is 8.61. The summed E-state index contributed by atoms with van der Waals surface area (Å²) in [6, 6.07) is 0. The molecule has 0 aromatic heterocycles. The highest BCUT2D eigenvalue weighted by atomic mass is 31.1. The first-order chi connectivity index (χ1) is 8.36. The second kappa shape index (κ2) is 9.07. The van der Waals surface area contributed by atoms with Crippen LogP contribution in [0.2, 0.25) is 0 Å². The van der Waals surface area contributed by atoms with Crippen LogP contribution in [-0.4, -0.2) is 76.3 Å². The maximum absolute atomic E-state index is 11.2. The van der Waals surface area contributed by atoms with Gasteiger partial charge in [-0.1, -0.05) is 0 Å². The van der Waals surface area contributed by atoms with Gasteiger partial charge in [0.2, 0.25) is 12.1 Å². The molecule has 0 saturated carbocycles. The molecule has 104 valence electrons. The summed E-state index contributed by atoms with van der Waals surface area (Å²) in [7, 11) is -0.885. The molecule has 0 radical (unpaired) electrons. The van der Waals surface area contributed by atoms with E-state index in [9.17, 15) is 19.4 Å². The molecule has 3 N–H and O–H groups in total. The summed E-state index contributed by atoms with van der Waals surface area (Å²) in [4.78, 5) is 32.3. The van der Waals surface area contributed by atoms with Crippen molar-refractivity contribution in [2.75, 3.05) is 39.5 Å². The molecule has 0 aliphatic rings. The number of rotatable bonds is 9. The maximum atomic E-state index is 11.2. The topological polar surface area (TPSA) is 118 Å². The minimum absolute atomic E-state index is 0.00608. The van der Waals surface area contributed by atoms with Crippen molar-refractivity contribution < 1.29 is 29.4 Å². The van der Waals surface area contributed by atoms with Gasteiger partial charge < -0.3 is 5.11 Å². The first-order valence-electron chi connectivity index (χ1n) is 5.30. The standard InChI is InChI=1S/C9H17N2O6P/c1-10(6-8(13)7-18(16)17)3-4-11(15)9(14)2-5-12/h12,15H,2-7H2,1H3/p+1. The van der Waals surface area contributed by atoms with E-state index < -0.39 is 20.1 Å². The van der Waals surface area contributed by atoms with Gasteiger partial charge in [0.25, 0.3) is 0 Å². The van der Waals surface area contributed by atoms with Crippen LogP contribution in [-0.2, 0) is 14.2 Å². The van der Waals surface area contributed by atoms with E-state index in [0.717, 1.165) is 0 Å². The molecule has 0 aliphatic heterocycles. The zero-order chi connectivity index (χ0) is 14.1. The van der Waals surface area contributed by atoms with Crippen molar-refractivity contribution in [2.24, 2.45) is 0 Å². The van der Waals surface area contributed by atoms with Gasteiger partial charge in [0.15, 0.2) is 5.78 Å². The molecule has 9 heteroatoms. The average molecular weight is 281 g/mol. The number of aliphatic hydroxyl groups excluding tert-OH is 1. The molecule has 0 rings (SSSR count). The lowest BCUT2D eigenvalue weighted by molar-refractivity contribution is -0.166. The van der Waals surface area contributed by atoms with Crippen LogP contribution in [0.4, 0.5) is 0 Å². The molecule has 0 spiro atoms. The monoisotopic (exact) mass is 281 g/mol. The summed E-state index contributed by atoms with van der Waals surface area (Å²) < 4.78 is 10.4. The maximum Gasteiger partial charge on any atom is 0.513 e. The van der Waals surface area contributed by atoms with Crippen LogP contribution >= 0.6 is 8.03 Å². The molecule has 8 nitrogen and oxygen atoms in total. The second-order valence-corrected chi connectivity index (χ2v) is 4.80. The number of ketones is 1. The molecule has 0 aromatic carbocycles. The minimum atomic E-state index is -2.48. The van der Waals surface area contributed by atoms with E-state index in [4.69, 9.17) is 10.00 Å². The number of nitrogens with zero attached hydrogens (tertiary/aromatic N) is 2. The summed E-state index contributed by atoms with van der Waals surface area (Å²) in [5.41, 5.74) is 0. The summed E-state index contributed by atoms with van der Waals surface area (Å²) in [5.74, 6) is -0.983. The molecule has 1 unspecified atom stereocenters. The van der Waals surface area contributed by atoms with Crippen LogP contribution < -0.4 is 0 Å². The van der Waals surface area contributed by atoms with E-state index in [1.165, 1.54) is 4.90 Å². The number of carbonyl (C=O) groups excluding carboxylic acids is 2. The van der Waals surface area contributed by atoms with E-state index >= 15 is 0 Å². The summed E-state index contributed by atoms with van der Waals surface area (Å²) >= 11 is 0. The normalized spacial score (nSPS) is 11.5. The molecule has 0 heterocycles. The molecule has 18 heavy (non-hydrogen) atoms. The molecular weight excluding hydrogens is 263 g/mol. The number of carbonyl (C=O) groups is 2. The van der Waals surface area contributed by atoms with Gasteiger partial charge in [0, 0.05) is 6.54 Å². The lowest BCUT2D eigenvalue weighted by atomic mass is 10.4. The van der Waals surface area contributed by atoms with Crippen molar-refractivity contribution in [3.05, 3.63) is 0 Å². The molecule has 1 amide bonds. The average Bonchev–Trinajstić information content (AvgIpc) is 2.24. The van der Waals surface area contributed by atoms with Crippen molar-refractivity contribution in [1.82, 2.24) is 9.96 Å². The Balaban J connectivity index is 3.88. The van der Waals surface area contributed by atoms with E-state index in [2.05, 4.69) is 0 Å². The molecule has 1 atom stereocenters. The van der Waals surface area contributed by atoms with E-state index in [1.54, 1.807) is 7.05 Å². The quantitative estimate of drug-likeness (QED) is 0.276. The van der Waals surface area contributed by atoms with E-state index in [0.29, 0.717) is 5.06 Å². The van der Waals surface area contributed by atoms with Crippen LogP contribution in [0.5, 0.6) is 0 Å². The van der Waals surface area contributed by atoms with Crippen LogP contribution in [0.25, 0.3) is 0 Å². The van der Waals surface area contributed by atoms with E-state index in [-0.39, 0.29) is 38.4 Å². The first kappa shape index (κ1) is 17.1. The van der Waals surface area contributed by atoms with Crippen molar-refractivity contribution >= 4 is 19.7 Å². The van der Waals surface area contributed by atoms with Gasteiger partial charge >= 0.3 is 8.03 Å². The summed E-state index contributed by atoms with van der Waals surface area (Å²) in [6.07, 6.45) is -0.559. The molecule has 0 aliphatic carbocycles. The number of hydroxylamine groups is 2. The minimum Gasteiger partial charge on any atom is -0.396 e. The van der Waals surface area contributed by atoms with Gasteiger partial charge in [0.05, 0.1) is 26.1 Å².